The van der Waals surface area contributed by atoms with Crippen LogP contribution in [0, 0.1) is 0 Å². The monoisotopic (exact) mass is 493 g/mol. The molecule has 0 aliphatic rings. The highest BCUT2D eigenvalue weighted by molar-refractivity contribution is 9.10. The van der Waals surface area contributed by atoms with Gasteiger partial charge in [-0.05, 0) is 49.4 Å². The van der Waals surface area contributed by atoms with Crippen LogP contribution < -0.4 is 4.74 Å². The van der Waals surface area contributed by atoms with Gasteiger partial charge >= 0.3 is 6.18 Å². The molecule has 0 unspecified atom stereocenters. The molecule has 4 aromatic rings. The van der Waals surface area contributed by atoms with Crippen molar-refractivity contribution in [2.75, 3.05) is 6.61 Å². The normalized spacial score (nSPS) is 11.6. The number of benzene rings is 2. The Kier molecular flexibility index (Phi) is 5.66. The van der Waals surface area contributed by atoms with Gasteiger partial charge in [-0.25, -0.2) is 9.67 Å². The highest BCUT2D eigenvalue weighted by Crippen LogP contribution is 2.35. The van der Waals surface area contributed by atoms with Crippen molar-refractivity contribution in [3.8, 4) is 33.4 Å². The maximum Gasteiger partial charge on any atom is 0.435 e. The van der Waals surface area contributed by atoms with Gasteiger partial charge in [0, 0.05) is 21.0 Å². The van der Waals surface area contributed by atoms with Gasteiger partial charge in [-0.1, -0.05) is 28.1 Å². The molecule has 2 aromatic carbocycles. The third-order valence-corrected chi connectivity index (χ3v) is 5.62. The lowest BCUT2D eigenvalue weighted by Crippen LogP contribution is -2.07. The SMILES string of the molecule is CCOc1ccc(-c2csc(-n3nc(C(F)(F)F)cc3-c3ccc(Br)cc3)n2)cc1. The second-order valence-corrected chi connectivity index (χ2v) is 8.06. The topological polar surface area (TPSA) is 39.9 Å². The number of halogens is 4. The van der Waals surface area contributed by atoms with Crippen molar-refractivity contribution in [1.29, 1.82) is 0 Å². The summed E-state index contributed by atoms with van der Waals surface area (Å²) >= 11 is 4.57. The van der Waals surface area contributed by atoms with E-state index in [4.69, 9.17) is 4.74 Å². The molecule has 0 spiro atoms. The zero-order chi connectivity index (χ0) is 21.3. The van der Waals surface area contributed by atoms with Gasteiger partial charge in [0.05, 0.1) is 18.0 Å². The van der Waals surface area contributed by atoms with E-state index in [1.165, 1.54) is 16.0 Å². The summed E-state index contributed by atoms with van der Waals surface area (Å²) < 4.78 is 47.5. The molecule has 0 saturated heterocycles. The van der Waals surface area contributed by atoms with Crippen molar-refractivity contribution in [2.45, 2.75) is 13.1 Å². The fourth-order valence-corrected chi connectivity index (χ4v) is 3.93. The Morgan fingerprint density at radius 2 is 1.70 bits per heavy atom. The van der Waals surface area contributed by atoms with E-state index in [1.54, 1.807) is 29.6 Å². The van der Waals surface area contributed by atoms with Crippen LogP contribution in [0.25, 0.3) is 27.6 Å². The molecule has 0 amide bonds. The second-order valence-electron chi connectivity index (χ2n) is 6.30. The Morgan fingerprint density at radius 1 is 1.03 bits per heavy atom. The van der Waals surface area contributed by atoms with Crippen LogP contribution in [0.4, 0.5) is 13.2 Å². The summed E-state index contributed by atoms with van der Waals surface area (Å²) in [6.45, 7) is 2.47. The van der Waals surface area contributed by atoms with E-state index in [0.29, 0.717) is 28.7 Å². The first-order chi connectivity index (χ1) is 14.3. The van der Waals surface area contributed by atoms with E-state index in [-0.39, 0.29) is 0 Å². The summed E-state index contributed by atoms with van der Waals surface area (Å²) in [6.07, 6.45) is -4.55. The Hall–Kier alpha value is -2.65. The molecule has 2 aromatic heterocycles. The van der Waals surface area contributed by atoms with E-state index in [2.05, 4.69) is 26.0 Å². The van der Waals surface area contributed by atoms with Crippen LogP contribution >= 0.6 is 27.3 Å². The summed E-state index contributed by atoms with van der Waals surface area (Å²) in [5.41, 5.74) is 1.47. The lowest BCUT2D eigenvalue weighted by molar-refractivity contribution is -0.141. The van der Waals surface area contributed by atoms with Crippen LogP contribution in [0.5, 0.6) is 5.75 Å². The zero-order valence-corrected chi connectivity index (χ0v) is 18.1. The highest BCUT2D eigenvalue weighted by atomic mass is 79.9. The lowest BCUT2D eigenvalue weighted by Gasteiger charge is -2.05. The molecule has 30 heavy (non-hydrogen) atoms. The molecule has 0 fully saturated rings. The third-order valence-electron chi connectivity index (χ3n) is 4.27. The minimum Gasteiger partial charge on any atom is -0.494 e. The molecule has 0 saturated carbocycles. The Bertz CT molecular complexity index is 1150. The summed E-state index contributed by atoms with van der Waals surface area (Å²) in [7, 11) is 0. The molecule has 154 valence electrons. The average molecular weight is 494 g/mol. The molecule has 0 aliphatic heterocycles. The fraction of sp³-hybridized carbons (Fsp3) is 0.143. The van der Waals surface area contributed by atoms with Crippen molar-refractivity contribution in [2.24, 2.45) is 0 Å². The van der Waals surface area contributed by atoms with Gasteiger partial charge in [0.25, 0.3) is 0 Å². The molecule has 9 heteroatoms. The number of hydrogen-bond donors (Lipinski definition) is 0. The predicted octanol–water partition coefficient (Wildman–Crippen LogP) is 6.84. The molecule has 4 rings (SSSR count). The molecule has 0 radical (unpaired) electrons. The van der Waals surface area contributed by atoms with Crippen molar-refractivity contribution in [3.63, 3.8) is 0 Å². The van der Waals surface area contributed by atoms with Crippen molar-refractivity contribution >= 4 is 27.3 Å². The molecule has 0 bridgehead atoms. The van der Waals surface area contributed by atoms with Crippen LogP contribution in [0.15, 0.2) is 64.5 Å². The number of alkyl halides is 3. The molecule has 2 heterocycles. The van der Waals surface area contributed by atoms with Gasteiger partial charge in [-0.3, -0.25) is 0 Å². The molecule has 0 atom stereocenters. The minimum absolute atomic E-state index is 0.322. The summed E-state index contributed by atoms with van der Waals surface area (Å²) in [6, 6.07) is 15.5. The first-order valence-electron chi connectivity index (χ1n) is 8.97. The second kappa shape index (κ2) is 8.23. The largest absolute Gasteiger partial charge is 0.494 e. The Balaban J connectivity index is 1.75. The Labute approximate surface area is 183 Å². The fourth-order valence-electron chi connectivity index (χ4n) is 2.87. The van der Waals surface area contributed by atoms with Gasteiger partial charge in [0.15, 0.2) is 5.69 Å². The zero-order valence-electron chi connectivity index (χ0n) is 15.7. The number of aromatic nitrogens is 3. The summed E-state index contributed by atoms with van der Waals surface area (Å²) in [5, 5.41) is 5.95. The average Bonchev–Trinajstić information content (AvgIpc) is 3.36. The predicted molar refractivity (Wildman–Crippen MR) is 114 cm³/mol. The lowest BCUT2D eigenvalue weighted by atomic mass is 10.1. The van der Waals surface area contributed by atoms with E-state index in [1.807, 2.05) is 31.2 Å². The van der Waals surface area contributed by atoms with E-state index < -0.39 is 11.9 Å². The Morgan fingerprint density at radius 3 is 2.33 bits per heavy atom. The summed E-state index contributed by atoms with van der Waals surface area (Å²) in [4.78, 5) is 4.53. The highest BCUT2D eigenvalue weighted by Gasteiger charge is 2.35. The van der Waals surface area contributed by atoms with Gasteiger partial charge < -0.3 is 4.74 Å². The van der Waals surface area contributed by atoms with Crippen molar-refractivity contribution in [3.05, 3.63) is 70.1 Å². The standard InChI is InChI=1S/C21H15BrF3N3OS/c1-2-29-16-9-5-13(6-10-16)17-12-30-20(26-17)28-18(11-19(27-28)21(23,24)25)14-3-7-15(22)8-4-14/h3-12H,2H2,1H3. The molecule has 4 nitrogen and oxygen atoms in total. The third kappa shape index (κ3) is 4.27. The van der Waals surface area contributed by atoms with Gasteiger partial charge in [0.1, 0.15) is 5.75 Å². The van der Waals surface area contributed by atoms with E-state index in [9.17, 15) is 13.2 Å². The van der Waals surface area contributed by atoms with Crippen LogP contribution in [0.1, 0.15) is 12.6 Å². The molecular formula is C21H15BrF3N3OS. The van der Waals surface area contributed by atoms with Gasteiger partial charge in [0.2, 0.25) is 5.13 Å². The minimum atomic E-state index is -4.55. The number of ether oxygens (including phenoxy) is 1. The maximum atomic E-state index is 13.3. The van der Waals surface area contributed by atoms with Gasteiger partial charge in [-0.15, -0.1) is 11.3 Å². The number of thiazole rings is 1. The number of nitrogens with zero attached hydrogens (tertiary/aromatic N) is 3. The summed E-state index contributed by atoms with van der Waals surface area (Å²) in [5.74, 6) is 0.746. The van der Waals surface area contributed by atoms with Crippen molar-refractivity contribution in [1.82, 2.24) is 14.8 Å². The molecular weight excluding hydrogens is 479 g/mol. The van der Waals surface area contributed by atoms with Crippen LogP contribution in [0.2, 0.25) is 0 Å². The van der Waals surface area contributed by atoms with Crippen LogP contribution in [0.3, 0.4) is 0 Å². The van der Waals surface area contributed by atoms with E-state index in [0.717, 1.165) is 21.9 Å². The number of hydrogen-bond acceptors (Lipinski definition) is 4. The first-order valence-corrected chi connectivity index (χ1v) is 10.6. The van der Waals surface area contributed by atoms with Crippen LogP contribution in [-0.2, 0) is 6.18 Å². The van der Waals surface area contributed by atoms with E-state index >= 15 is 0 Å². The molecule has 0 aliphatic carbocycles. The maximum absolute atomic E-state index is 13.3. The smallest absolute Gasteiger partial charge is 0.435 e. The van der Waals surface area contributed by atoms with Crippen LogP contribution in [-0.4, -0.2) is 21.4 Å². The quantitative estimate of drug-likeness (QED) is 0.305. The number of rotatable bonds is 5. The first kappa shape index (κ1) is 20.6. The van der Waals surface area contributed by atoms with Crippen molar-refractivity contribution < 1.29 is 17.9 Å². The molecule has 0 N–H and O–H groups in total. The van der Waals surface area contributed by atoms with Gasteiger partial charge in [-0.2, -0.15) is 18.3 Å².